The number of benzene rings is 1. The number of carbonyl (C=O) groups excluding carboxylic acids is 1. The molecule has 5 heteroatoms. The first-order valence-electron chi connectivity index (χ1n) is 8.65. The van der Waals surface area contributed by atoms with Gasteiger partial charge in [-0.2, -0.15) is 0 Å². The van der Waals surface area contributed by atoms with Gasteiger partial charge in [-0.25, -0.2) is 0 Å². The Morgan fingerprint density at radius 2 is 1.92 bits per heavy atom. The number of aromatic nitrogens is 2. The lowest BCUT2D eigenvalue weighted by Crippen LogP contribution is -2.33. The second kappa shape index (κ2) is 7.43. The van der Waals surface area contributed by atoms with Gasteiger partial charge in [0.15, 0.2) is 11.5 Å². The predicted molar refractivity (Wildman–Crippen MR) is 96.4 cm³/mol. The van der Waals surface area contributed by atoms with Gasteiger partial charge in [0.25, 0.3) is 5.91 Å². The largest absolute Gasteiger partial charge is 0.355 e. The monoisotopic (exact) mass is 324 g/mol. The Kier molecular flexibility index (Phi) is 5.08. The van der Waals surface area contributed by atoms with Crippen molar-refractivity contribution in [1.82, 2.24) is 10.2 Å². The zero-order valence-corrected chi connectivity index (χ0v) is 14.3. The molecule has 0 radical (unpaired) electrons. The van der Waals surface area contributed by atoms with Crippen LogP contribution in [0.1, 0.15) is 42.7 Å². The molecule has 24 heavy (non-hydrogen) atoms. The van der Waals surface area contributed by atoms with Crippen LogP contribution in [0.25, 0.3) is 0 Å². The fourth-order valence-corrected chi connectivity index (χ4v) is 2.99. The van der Waals surface area contributed by atoms with Gasteiger partial charge >= 0.3 is 0 Å². The first-order valence-corrected chi connectivity index (χ1v) is 8.65. The van der Waals surface area contributed by atoms with Crippen molar-refractivity contribution in [1.29, 1.82) is 0 Å². The summed E-state index contributed by atoms with van der Waals surface area (Å²) >= 11 is 0. The summed E-state index contributed by atoms with van der Waals surface area (Å²) in [4.78, 5) is 14.6. The summed E-state index contributed by atoms with van der Waals surface area (Å²) in [7, 11) is 0. The Balaban J connectivity index is 1.68. The number of rotatable bonds is 4. The van der Waals surface area contributed by atoms with Crippen LogP contribution in [0, 0.1) is 5.92 Å². The van der Waals surface area contributed by atoms with E-state index in [1.165, 1.54) is 12.8 Å². The number of aryl methyl sites for hydroxylation is 1. The molecule has 3 rings (SSSR count). The first kappa shape index (κ1) is 16.4. The number of hydrogen-bond donors (Lipinski definition) is 1. The minimum atomic E-state index is -0.220. The molecule has 1 amide bonds. The van der Waals surface area contributed by atoms with E-state index in [9.17, 15) is 4.79 Å². The zero-order valence-electron chi connectivity index (χ0n) is 14.3. The van der Waals surface area contributed by atoms with Crippen LogP contribution in [0.5, 0.6) is 0 Å². The molecular formula is C19H24N4O. The van der Waals surface area contributed by atoms with Crippen LogP contribution in [-0.2, 0) is 6.42 Å². The van der Waals surface area contributed by atoms with Crippen LogP contribution in [0.2, 0.25) is 0 Å². The van der Waals surface area contributed by atoms with Gasteiger partial charge in [-0.15, -0.1) is 10.2 Å². The van der Waals surface area contributed by atoms with Gasteiger partial charge in [0.2, 0.25) is 0 Å². The summed E-state index contributed by atoms with van der Waals surface area (Å²) in [5, 5.41) is 11.3. The second-order valence-electron chi connectivity index (χ2n) is 6.41. The average Bonchev–Trinajstić information content (AvgIpc) is 2.63. The molecule has 1 aromatic heterocycles. The van der Waals surface area contributed by atoms with Crippen LogP contribution >= 0.6 is 0 Å². The summed E-state index contributed by atoms with van der Waals surface area (Å²) in [6.07, 6.45) is 3.23. The van der Waals surface area contributed by atoms with Gasteiger partial charge in [-0.3, -0.25) is 4.79 Å². The van der Waals surface area contributed by atoms with E-state index in [1.54, 1.807) is 6.07 Å². The molecule has 1 fully saturated rings. The lowest BCUT2D eigenvalue weighted by Gasteiger charge is -2.30. The van der Waals surface area contributed by atoms with Crippen LogP contribution in [0.4, 0.5) is 11.5 Å². The molecule has 0 aliphatic carbocycles. The first-order chi connectivity index (χ1) is 11.7. The van der Waals surface area contributed by atoms with E-state index >= 15 is 0 Å². The number of anilines is 2. The maximum Gasteiger partial charge on any atom is 0.276 e. The molecule has 0 spiro atoms. The van der Waals surface area contributed by atoms with Crippen molar-refractivity contribution >= 4 is 17.4 Å². The van der Waals surface area contributed by atoms with Crippen molar-refractivity contribution in [2.75, 3.05) is 23.3 Å². The molecule has 1 saturated heterocycles. The predicted octanol–water partition coefficient (Wildman–Crippen LogP) is 3.53. The summed E-state index contributed by atoms with van der Waals surface area (Å²) in [6.45, 7) is 6.36. The maximum atomic E-state index is 12.4. The molecule has 0 saturated carbocycles. The highest BCUT2D eigenvalue weighted by Crippen LogP contribution is 2.21. The smallest absolute Gasteiger partial charge is 0.276 e. The molecule has 1 aliphatic rings. The SMILES string of the molecule is CCc1ccccc1NC(=O)c1ccc(N2CCC(C)CC2)nn1. The molecule has 0 unspecified atom stereocenters. The summed E-state index contributed by atoms with van der Waals surface area (Å²) in [5.74, 6) is 1.41. The highest BCUT2D eigenvalue weighted by Gasteiger charge is 2.18. The van der Waals surface area contributed by atoms with Crippen molar-refractivity contribution in [2.24, 2.45) is 5.92 Å². The minimum Gasteiger partial charge on any atom is -0.355 e. The average molecular weight is 324 g/mol. The topological polar surface area (TPSA) is 58.1 Å². The number of carbonyl (C=O) groups is 1. The highest BCUT2D eigenvalue weighted by molar-refractivity contribution is 6.03. The van der Waals surface area contributed by atoms with E-state index in [-0.39, 0.29) is 5.91 Å². The third-order valence-corrected chi connectivity index (χ3v) is 4.64. The van der Waals surface area contributed by atoms with Crippen molar-refractivity contribution in [3.63, 3.8) is 0 Å². The van der Waals surface area contributed by atoms with Crippen molar-refractivity contribution in [2.45, 2.75) is 33.1 Å². The summed E-state index contributed by atoms with van der Waals surface area (Å²) in [6, 6.07) is 11.5. The molecule has 1 aromatic carbocycles. The van der Waals surface area contributed by atoms with E-state index < -0.39 is 0 Å². The van der Waals surface area contributed by atoms with E-state index in [4.69, 9.17) is 0 Å². The fourth-order valence-electron chi connectivity index (χ4n) is 2.99. The van der Waals surface area contributed by atoms with Gasteiger partial charge in [-0.1, -0.05) is 32.0 Å². The van der Waals surface area contributed by atoms with Crippen molar-refractivity contribution in [3.05, 3.63) is 47.7 Å². The van der Waals surface area contributed by atoms with Gasteiger partial charge < -0.3 is 10.2 Å². The van der Waals surface area contributed by atoms with Crippen LogP contribution < -0.4 is 10.2 Å². The van der Waals surface area contributed by atoms with Gasteiger partial charge in [-0.05, 0) is 48.9 Å². The molecule has 2 aromatic rings. The lowest BCUT2D eigenvalue weighted by atomic mass is 9.99. The number of hydrogen-bond acceptors (Lipinski definition) is 4. The quantitative estimate of drug-likeness (QED) is 0.935. The van der Waals surface area contributed by atoms with Crippen molar-refractivity contribution in [3.8, 4) is 0 Å². The molecule has 1 aliphatic heterocycles. The molecule has 0 bridgehead atoms. The Hall–Kier alpha value is -2.43. The second-order valence-corrected chi connectivity index (χ2v) is 6.41. The Morgan fingerprint density at radius 3 is 2.58 bits per heavy atom. The Morgan fingerprint density at radius 1 is 1.17 bits per heavy atom. The third kappa shape index (κ3) is 3.72. The highest BCUT2D eigenvalue weighted by atomic mass is 16.1. The zero-order chi connectivity index (χ0) is 16.9. The minimum absolute atomic E-state index is 0.220. The standard InChI is InChI=1S/C19H24N4O/c1-3-15-6-4-5-7-16(15)20-19(24)17-8-9-18(22-21-17)23-12-10-14(2)11-13-23/h4-9,14H,3,10-13H2,1-2H3,(H,20,24). The lowest BCUT2D eigenvalue weighted by molar-refractivity contribution is 0.102. The molecule has 5 nitrogen and oxygen atoms in total. The van der Waals surface area contributed by atoms with Crippen molar-refractivity contribution < 1.29 is 4.79 Å². The molecule has 0 atom stereocenters. The number of amides is 1. The molecule has 1 N–H and O–H groups in total. The molecular weight excluding hydrogens is 300 g/mol. The third-order valence-electron chi connectivity index (χ3n) is 4.64. The molecule has 126 valence electrons. The Labute approximate surface area is 143 Å². The number of para-hydroxylation sites is 1. The van der Waals surface area contributed by atoms with Gasteiger partial charge in [0, 0.05) is 18.8 Å². The van der Waals surface area contributed by atoms with Crippen LogP contribution in [0.3, 0.4) is 0 Å². The van der Waals surface area contributed by atoms with Crippen LogP contribution in [-0.4, -0.2) is 29.2 Å². The number of nitrogens with zero attached hydrogens (tertiary/aromatic N) is 3. The van der Waals surface area contributed by atoms with E-state index in [0.717, 1.165) is 42.5 Å². The summed E-state index contributed by atoms with van der Waals surface area (Å²) in [5.41, 5.74) is 2.29. The van der Waals surface area contributed by atoms with Gasteiger partial charge in [0.05, 0.1) is 0 Å². The fraction of sp³-hybridized carbons (Fsp3) is 0.421. The normalized spacial score (nSPS) is 15.3. The van der Waals surface area contributed by atoms with E-state index in [0.29, 0.717) is 5.69 Å². The van der Waals surface area contributed by atoms with E-state index in [2.05, 4.69) is 34.3 Å². The Bertz CT molecular complexity index is 691. The maximum absolute atomic E-state index is 12.4. The number of nitrogens with one attached hydrogen (secondary N) is 1. The van der Waals surface area contributed by atoms with Gasteiger partial charge in [0.1, 0.15) is 0 Å². The summed E-state index contributed by atoms with van der Waals surface area (Å²) < 4.78 is 0. The van der Waals surface area contributed by atoms with Crippen LogP contribution in [0.15, 0.2) is 36.4 Å². The molecule has 2 heterocycles. The number of piperidine rings is 1. The van der Waals surface area contributed by atoms with E-state index in [1.807, 2.05) is 30.3 Å².